The van der Waals surface area contributed by atoms with Gasteiger partial charge in [0.05, 0.1) is 18.1 Å². The molecule has 1 saturated carbocycles. The first-order valence-corrected chi connectivity index (χ1v) is 18.2. The number of aliphatic carboxylic acids is 1. The minimum absolute atomic E-state index is 0.0381. The molecule has 0 spiro atoms. The number of carbonyl (C=O) groups excluding carboxylic acids is 3. The third kappa shape index (κ3) is 12.6. The van der Waals surface area contributed by atoms with Gasteiger partial charge < -0.3 is 24.2 Å². The second-order valence-corrected chi connectivity index (χ2v) is 14.3. The molecular formula is C38H61NO8. The Balaban J connectivity index is 1.36. The lowest BCUT2D eigenvalue weighted by Crippen LogP contribution is -2.54. The number of piperidine rings is 1. The van der Waals surface area contributed by atoms with Crippen LogP contribution in [0.15, 0.2) is 23.3 Å². The van der Waals surface area contributed by atoms with Gasteiger partial charge in [-0.25, -0.2) is 4.79 Å². The van der Waals surface area contributed by atoms with Gasteiger partial charge in [-0.1, -0.05) is 36.1 Å². The molecule has 3 fully saturated rings. The van der Waals surface area contributed by atoms with Crippen LogP contribution < -0.4 is 0 Å². The quantitative estimate of drug-likeness (QED) is 0.0931. The second kappa shape index (κ2) is 20.2. The van der Waals surface area contributed by atoms with E-state index in [0.29, 0.717) is 56.5 Å². The molecule has 7 atom stereocenters. The maximum atomic E-state index is 13.3. The molecule has 2 aliphatic heterocycles. The van der Waals surface area contributed by atoms with Gasteiger partial charge >= 0.3 is 5.97 Å². The smallest absolute Gasteiger partial charge is 0.326 e. The molecule has 2 heterocycles. The largest absolute Gasteiger partial charge is 0.480 e. The Morgan fingerprint density at radius 2 is 1.60 bits per heavy atom. The van der Waals surface area contributed by atoms with Crippen molar-refractivity contribution in [3.8, 4) is 0 Å². The maximum absolute atomic E-state index is 13.3. The number of carboxylic acid groups (broad SMARTS) is 1. The van der Waals surface area contributed by atoms with Crippen molar-refractivity contribution in [3.63, 3.8) is 0 Å². The summed E-state index contributed by atoms with van der Waals surface area (Å²) in [5.74, 6) is -2.06. The number of Topliss-reactive ketones (excluding diaryl/α,β-unsaturated/α-hetero) is 2. The Labute approximate surface area is 282 Å². The van der Waals surface area contributed by atoms with E-state index < -0.39 is 42.0 Å². The minimum Gasteiger partial charge on any atom is -0.480 e. The van der Waals surface area contributed by atoms with Crippen LogP contribution in [0.5, 0.6) is 0 Å². The molecule has 1 amide bonds. The van der Waals surface area contributed by atoms with Crippen LogP contribution in [-0.2, 0) is 33.4 Å². The van der Waals surface area contributed by atoms with Gasteiger partial charge in [-0.05, 0) is 110 Å². The highest BCUT2D eigenvalue weighted by molar-refractivity contribution is 6.37. The highest BCUT2D eigenvalue weighted by atomic mass is 16.7. The first kappa shape index (κ1) is 39.1. The Morgan fingerprint density at radius 3 is 2.32 bits per heavy atom. The number of nitrogens with zero attached hydrogens (tertiary/aromatic N) is 1. The number of methoxy groups -OCH3 is 2. The highest BCUT2D eigenvalue weighted by Crippen LogP contribution is 2.35. The summed E-state index contributed by atoms with van der Waals surface area (Å²) in [4.78, 5) is 51.9. The standard InChI is InChI=1S/C38H61NO8/c1-26(20-21-31(40)17-9-7-14-27(2)23-29-15-12-18-32(24-29)45-4)13-6-8-16-30-25-33(28(3)47-38(30)46-5)35(41)36(42)39-22-11-10-19-34(39)37(43)44/h20,23,28-30,32-34,38H,6-19,21-22,24-25H2,1-5H3,(H,43,44). The van der Waals surface area contributed by atoms with Crippen molar-refractivity contribution in [1.82, 2.24) is 4.90 Å². The minimum atomic E-state index is -1.06. The summed E-state index contributed by atoms with van der Waals surface area (Å²) in [5.41, 5.74) is 2.65. The fraction of sp³-hybridized carbons (Fsp3) is 0.789. The lowest BCUT2D eigenvalue weighted by molar-refractivity contribution is -0.222. The number of carbonyl (C=O) groups is 4. The molecule has 0 aromatic rings. The zero-order valence-electron chi connectivity index (χ0n) is 29.7. The molecule has 1 N–H and O–H groups in total. The van der Waals surface area contributed by atoms with Gasteiger partial charge in [0.25, 0.3) is 5.91 Å². The van der Waals surface area contributed by atoms with Gasteiger partial charge in [-0.3, -0.25) is 14.4 Å². The summed E-state index contributed by atoms with van der Waals surface area (Å²) in [6.07, 6.45) is 18.7. The first-order valence-electron chi connectivity index (χ1n) is 18.2. The lowest BCUT2D eigenvalue weighted by atomic mass is 9.81. The van der Waals surface area contributed by atoms with Crippen LogP contribution in [0.3, 0.4) is 0 Å². The normalized spacial score (nSPS) is 29.0. The fourth-order valence-corrected chi connectivity index (χ4v) is 7.66. The predicted molar refractivity (Wildman–Crippen MR) is 182 cm³/mol. The molecule has 7 unspecified atom stereocenters. The molecule has 266 valence electrons. The van der Waals surface area contributed by atoms with E-state index in [0.717, 1.165) is 57.8 Å². The van der Waals surface area contributed by atoms with Crippen molar-refractivity contribution < 1.29 is 38.5 Å². The molecule has 3 aliphatic rings. The molecule has 0 aromatic heterocycles. The van der Waals surface area contributed by atoms with Gasteiger partial charge in [0.2, 0.25) is 5.78 Å². The van der Waals surface area contributed by atoms with Crippen LogP contribution in [0.4, 0.5) is 0 Å². The van der Waals surface area contributed by atoms with Crippen LogP contribution in [0.25, 0.3) is 0 Å². The average molecular weight is 660 g/mol. The first-order chi connectivity index (χ1) is 22.5. The van der Waals surface area contributed by atoms with Crippen molar-refractivity contribution in [2.75, 3.05) is 20.8 Å². The van der Waals surface area contributed by atoms with Crippen LogP contribution in [0.2, 0.25) is 0 Å². The summed E-state index contributed by atoms with van der Waals surface area (Å²) in [6.45, 7) is 6.37. The third-order valence-electron chi connectivity index (χ3n) is 10.6. The Bertz CT molecular complexity index is 1100. The molecular weight excluding hydrogens is 598 g/mol. The third-order valence-corrected chi connectivity index (χ3v) is 10.6. The molecule has 1 aliphatic carbocycles. The van der Waals surface area contributed by atoms with Gasteiger partial charge in [0.15, 0.2) is 6.29 Å². The molecule has 9 nitrogen and oxygen atoms in total. The van der Waals surface area contributed by atoms with E-state index >= 15 is 0 Å². The molecule has 47 heavy (non-hydrogen) atoms. The number of amides is 1. The fourth-order valence-electron chi connectivity index (χ4n) is 7.66. The second-order valence-electron chi connectivity index (χ2n) is 14.3. The Morgan fingerprint density at radius 1 is 0.872 bits per heavy atom. The number of ether oxygens (including phenoxy) is 3. The SMILES string of the molecule is COC1CCCC(C=C(C)CCCCC(=O)CC=C(C)CCCCC2CC(C(=O)C(=O)N3CCCCC3C(=O)O)C(C)OC2OC)C1. The molecule has 0 radical (unpaired) electrons. The molecule has 0 aromatic carbocycles. The number of rotatable bonds is 18. The van der Waals surface area contributed by atoms with Crippen molar-refractivity contribution >= 4 is 23.4 Å². The van der Waals surface area contributed by atoms with Crippen molar-refractivity contribution in [2.24, 2.45) is 17.8 Å². The zero-order valence-corrected chi connectivity index (χ0v) is 29.7. The summed E-state index contributed by atoms with van der Waals surface area (Å²) in [6, 6.07) is -0.943. The molecule has 0 bridgehead atoms. The van der Waals surface area contributed by atoms with Crippen LogP contribution in [0.1, 0.15) is 130 Å². The maximum Gasteiger partial charge on any atom is 0.326 e. The van der Waals surface area contributed by atoms with E-state index in [1.54, 1.807) is 14.0 Å². The van der Waals surface area contributed by atoms with E-state index in [4.69, 9.17) is 14.2 Å². The van der Waals surface area contributed by atoms with E-state index in [-0.39, 0.29) is 5.92 Å². The van der Waals surface area contributed by atoms with Crippen LogP contribution in [-0.4, -0.2) is 78.8 Å². The van der Waals surface area contributed by atoms with Crippen LogP contribution >= 0.6 is 0 Å². The predicted octanol–water partition coefficient (Wildman–Crippen LogP) is 7.21. The number of carboxylic acids is 1. The van der Waals surface area contributed by atoms with Gasteiger partial charge in [0, 0.05) is 39.5 Å². The monoisotopic (exact) mass is 659 g/mol. The number of ketones is 2. The number of hydrogen-bond donors (Lipinski definition) is 1. The Kier molecular flexibility index (Phi) is 16.8. The number of hydrogen-bond acceptors (Lipinski definition) is 7. The zero-order chi connectivity index (χ0) is 34.3. The van der Waals surface area contributed by atoms with E-state index in [1.807, 2.05) is 7.11 Å². The number of likely N-dealkylation sites (tertiary alicyclic amines) is 1. The van der Waals surface area contributed by atoms with Crippen molar-refractivity contribution in [2.45, 2.75) is 154 Å². The number of unbranched alkanes of at least 4 members (excludes halogenated alkanes) is 2. The molecule has 9 heteroatoms. The van der Waals surface area contributed by atoms with Crippen LogP contribution in [0, 0.1) is 17.8 Å². The molecule has 3 rings (SSSR count). The van der Waals surface area contributed by atoms with E-state index in [1.165, 1.54) is 35.3 Å². The van der Waals surface area contributed by atoms with Gasteiger partial charge in [0.1, 0.15) is 11.8 Å². The summed E-state index contributed by atoms with van der Waals surface area (Å²) in [5, 5.41) is 9.57. The molecule has 2 saturated heterocycles. The average Bonchev–Trinajstić information content (AvgIpc) is 3.07. The summed E-state index contributed by atoms with van der Waals surface area (Å²) < 4.78 is 17.2. The van der Waals surface area contributed by atoms with Crippen molar-refractivity contribution in [3.05, 3.63) is 23.3 Å². The number of allylic oxidation sites excluding steroid dienone is 4. The summed E-state index contributed by atoms with van der Waals surface area (Å²) >= 11 is 0. The van der Waals surface area contributed by atoms with Gasteiger partial charge in [-0.15, -0.1) is 0 Å². The van der Waals surface area contributed by atoms with E-state index in [2.05, 4.69) is 26.0 Å². The topological polar surface area (TPSA) is 119 Å². The van der Waals surface area contributed by atoms with Crippen molar-refractivity contribution in [1.29, 1.82) is 0 Å². The lowest BCUT2D eigenvalue weighted by Gasteiger charge is -2.40. The Hall–Kier alpha value is -2.36. The highest BCUT2D eigenvalue weighted by Gasteiger charge is 2.44. The summed E-state index contributed by atoms with van der Waals surface area (Å²) in [7, 11) is 3.41. The van der Waals surface area contributed by atoms with E-state index in [9.17, 15) is 24.3 Å². The van der Waals surface area contributed by atoms with Gasteiger partial charge in [-0.2, -0.15) is 0 Å².